The van der Waals surface area contributed by atoms with Crippen molar-refractivity contribution in [1.29, 1.82) is 0 Å². The highest BCUT2D eigenvalue weighted by atomic mass is 127. The van der Waals surface area contributed by atoms with Gasteiger partial charge in [-0.25, -0.2) is 0 Å². The number of likely N-dealkylation sites (N-methyl/N-ethyl adjacent to an activating group) is 1. The van der Waals surface area contributed by atoms with Crippen molar-refractivity contribution in [2.24, 2.45) is 4.99 Å². The van der Waals surface area contributed by atoms with Crippen molar-refractivity contribution >= 4 is 35.6 Å². The van der Waals surface area contributed by atoms with Crippen molar-refractivity contribution in [1.82, 2.24) is 15.1 Å². The van der Waals surface area contributed by atoms with Crippen LogP contribution in [0.25, 0.3) is 0 Å². The maximum Gasteiger partial charge on any atom is 0.198 e. The van der Waals surface area contributed by atoms with Gasteiger partial charge in [0.15, 0.2) is 5.96 Å². The Kier molecular flexibility index (Phi) is 7.31. The molecule has 0 bridgehead atoms. The number of halogens is 1. The second kappa shape index (κ2) is 9.01. The van der Waals surface area contributed by atoms with Crippen LogP contribution in [0.15, 0.2) is 29.3 Å². The summed E-state index contributed by atoms with van der Waals surface area (Å²) >= 11 is 0. The first-order chi connectivity index (χ1) is 11.2. The number of piperazine rings is 1. The van der Waals surface area contributed by atoms with Gasteiger partial charge in [-0.15, -0.1) is 24.0 Å². The third-order valence-electron chi connectivity index (χ3n) is 5.07. The molecule has 1 aromatic rings. The predicted octanol–water partition coefficient (Wildman–Crippen LogP) is 1.88. The molecule has 24 heavy (non-hydrogen) atoms. The zero-order chi connectivity index (χ0) is 16.2. The van der Waals surface area contributed by atoms with E-state index in [0.717, 1.165) is 38.6 Å². The summed E-state index contributed by atoms with van der Waals surface area (Å²) in [5, 5.41) is 3.58. The molecule has 3 rings (SSSR count). The molecule has 0 saturated carbocycles. The maximum atomic E-state index is 4.50. The molecule has 1 atom stereocenters. The number of guanidine groups is 1. The first-order valence-corrected chi connectivity index (χ1v) is 8.67. The van der Waals surface area contributed by atoms with E-state index in [9.17, 15) is 0 Å². The van der Waals surface area contributed by atoms with Crippen LogP contribution in [0.2, 0.25) is 0 Å². The molecule has 0 radical (unpaired) electrons. The molecule has 6 heteroatoms. The third kappa shape index (κ3) is 4.40. The number of hydrogen-bond acceptors (Lipinski definition) is 3. The van der Waals surface area contributed by atoms with Gasteiger partial charge in [-0.3, -0.25) is 9.89 Å². The van der Waals surface area contributed by atoms with E-state index in [4.69, 9.17) is 0 Å². The molecule has 0 aliphatic carbocycles. The largest absolute Gasteiger partial charge is 0.354 e. The molecule has 1 aromatic carbocycles. The zero-order valence-electron chi connectivity index (χ0n) is 15.0. The second-order valence-electron chi connectivity index (χ2n) is 6.65. The van der Waals surface area contributed by atoms with E-state index in [1.807, 2.05) is 7.05 Å². The normalized spacial score (nSPS) is 20.5. The van der Waals surface area contributed by atoms with Gasteiger partial charge in [0.2, 0.25) is 0 Å². The van der Waals surface area contributed by atoms with Gasteiger partial charge in [0, 0.05) is 58.0 Å². The number of nitrogens with one attached hydrogen (secondary N) is 1. The zero-order valence-corrected chi connectivity index (χ0v) is 17.4. The molecule has 0 amide bonds. The molecule has 2 aliphatic heterocycles. The van der Waals surface area contributed by atoms with E-state index >= 15 is 0 Å². The number of para-hydroxylation sites is 1. The summed E-state index contributed by atoms with van der Waals surface area (Å²) in [6, 6.07) is 9.16. The molecule has 1 fully saturated rings. The van der Waals surface area contributed by atoms with Gasteiger partial charge < -0.3 is 15.1 Å². The molecule has 1 N–H and O–H groups in total. The molecule has 5 nitrogen and oxygen atoms in total. The second-order valence-corrected chi connectivity index (χ2v) is 6.65. The quantitative estimate of drug-likeness (QED) is 0.440. The van der Waals surface area contributed by atoms with Crippen LogP contribution >= 0.6 is 24.0 Å². The van der Waals surface area contributed by atoms with Crippen molar-refractivity contribution in [3.8, 4) is 0 Å². The van der Waals surface area contributed by atoms with E-state index in [1.165, 1.54) is 24.3 Å². The van der Waals surface area contributed by atoms with Crippen LogP contribution in [0.4, 0.5) is 5.69 Å². The van der Waals surface area contributed by atoms with Crippen molar-refractivity contribution < 1.29 is 0 Å². The molecular weight excluding hydrogens is 413 g/mol. The molecule has 0 spiro atoms. The minimum atomic E-state index is 0. The molecule has 1 saturated heterocycles. The molecule has 2 aliphatic rings. The molecule has 134 valence electrons. The third-order valence-corrected chi connectivity index (χ3v) is 5.07. The summed E-state index contributed by atoms with van der Waals surface area (Å²) in [7, 11) is 4.08. The number of nitrogens with zero attached hydrogens (tertiary/aromatic N) is 4. The lowest BCUT2D eigenvalue weighted by atomic mass is 10.2. The number of benzene rings is 1. The van der Waals surface area contributed by atoms with Crippen LogP contribution in [0.1, 0.15) is 12.5 Å². The van der Waals surface area contributed by atoms with Crippen molar-refractivity contribution in [3.05, 3.63) is 29.8 Å². The van der Waals surface area contributed by atoms with E-state index in [-0.39, 0.29) is 24.0 Å². The lowest BCUT2D eigenvalue weighted by Gasteiger charge is -2.37. The van der Waals surface area contributed by atoms with Gasteiger partial charge in [0.1, 0.15) is 0 Å². The monoisotopic (exact) mass is 443 g/mol. The molecule has 0 aromatic heterocycles. The van der Waals surface area contributed by atoms with Crippen LogP contribution in [0.5, 0.6) is 0 Å². The number of rotatable bonds is 3. The average Bonchev–Trinajstić information content (AvgIpc) is 3.00. The number of anilines is 1. The van der Waals surface area contributed by atoms with E-state index in [2.05, 4.69) is 63.2 Å². The smallest absolute Gasteiger partial charge is 0.198 e. The average molecular weight is 443 g/mol. The van der Waals surface area contributed by atoms with Crippen LogP contribution in [-0.2, 0) is 6.42 Å². The first-order valence-electron chi connectivity index (χ1n) is 8.67. The van der Waals surface area contributed by atoms with Gasteiger partial charge in [-0.1, -0.05) is 18.2 Å². The molecular formula is C18H30IN5. The Bertz CT molecular complexity index is 554. The van der Waals surface area contributed by atoms with Crippen LogP contribution in [0, 0.1) is 0 Å². The van der Waals surface area contributed by atoms with E-state index in [1.54, 1.807) is 0 Å². The highest BCUT2D eigenvalue weighted by molar-refractivity contribution is 14.0. The SMILES string of the molecule is CN=C(NCC(C)N1CCN(C)CC1)N1CCc2ccccc21.I. The van der Waals surface area contributed by atoms with E-state index < -0.39 is 0 Å². The van der Waals surface area contributed by atoms with Crippen molar-refractivity contribution in [3.63, 3.8) is 0 Å². The fourth-order valence-corrected chi connectivity index (χ4v) is 3.48. The minimum absolute atomic E-state index is 0. The highest BCUT2D eigenvalue weighted by Crippen LogP contribution is 2.27. The summed E-state index contributed by atoms with van der Waals surface area (Å²) < 4.78 is 0. The summed E-state index contributed by atoms with van der Waals surface area (Å²) in [4.78, 5) is 11.8. The standard InChI is InChI=1S/C18H29N5.HI/c1-15(22-12-10-21(3)11-13-22)14-20-18(19-2)23-9-8-16-6-4-5-7-17(16)23;/h4-7,15H,8-14H2,1-3H3,(H,19,20);1H. The van der Waals surface area contributed by atoms with E-state index in [0.29, 0.717) is 6.04 Å². The Morgan fingerprint density at radius 2 is 1.88 bits per heavy atom. The van der Waals surface area contributed by atoms with Gasteiger partial charge in [-0.2, -0.15) is 0 Å². The van der Waals surface area contributed by atoms with Gasteiger partial charge >= 0.3 is 0 Å². The van der Waals surface area contributed by atoms with Gasteiger partial charge in [0.25, 0.3) is 0 Å². The first kappa shape index (κ1) is 19.5. The van der Waals surface area contributed by atoms with Gasteiger partial charge in [0.05, 0.1) is 0 Å². The van der Waals surface area contributed by atoms with Crippen LogP contribution < -0.4 is 10.2 Å². The van der Waals surface area contributed by atoms with Crippen molar-refractivity contribution in [2.45, 2.75) is 19.4 Å². The summed E-state index contributed by atoms with van der Waals surface area (Å²) in [6.45, 7) is 8.91. The number of aliphatic imine (C=N–C) groups is 1. The molecule has 1 unspecified atom stereocenters. The summed E-state index contributed by atoms with van der Waals surface area (Å²) in [6.07, 6.45) is 1.10. The van der Waals surface area contributed by atoms with Gasteiger partial charge in [-0.05, 0) is 32.0 Å². The Balaban J connectivity index is 0.00000208. The Hall–Kier alpha value is -0.860. The number of hydrogen-bond donors (Lipinski definition) is 1. The topological polar surface area (TPSA) is 34.1 Å². The Morgan fingerprint density at radius 1 is 1.17 bits per heavy atom. The maximum absolute atomic E-state index is 4.50. The Labute approximate surface area is 163 Å². The lowest BCUT2D eigenvalue weighted by Crippen LogP contribution is -2.52. The fourth-order valence-electron chi connectivity index (χ4n) is 3.48. The van der Waals surface area contributed by atoms with Crippen LogP contribution in [0.3, 0.4) is 0 Å². The highest BCUT2D eigenvalue weighted by Gasteiger charge is 2.24. The van der Waals surface area contributed by atoms with Crippen LogP contribution in [-0.4, -0.2) is 75.2 Å². The fraction of sp³-hybridized carbons (Fsp3) is 0.611. The summed E-state index contributed by atoms with van der Waals surface area (Å²) in [5.74, 6) is 0.996. The lowest BCUT2D eigenvalue weighted by molar-refractivity contribution is 0.120. The predicted molar refractivity (Wildman–Crippen MR) is 113 cm³/mol. The molecule has 2 heterocycles. The summed E-state index contributed by atoms with van der Waals surface area (Å²) in [5.41, 5.74) is 2.72. The Morgan fingerprint density at radius 3 is 2.58 bits per heavy atom. The van der Waals surface area contributed by atoms with Crippen molar-refractivity contribution in [2.75, 3.05) is 58.3 Å². The minimum Gasteiger partial charge on any atom is -0.354 e. The number of fused-ring (bicyclic) bond motifs is 1.